The Hall–Kier alpha value is -0.370. The number of ketones is 1. The Balaban J connectivity index is 1.70. The van der Waals surface area contributed by atoms with Crippen molar-refractivity contribution < 1.29 is 9.90 Å². The van der Waals surface area contributed by atoms with Crippen molar-refractivity contribution in [3.05, 3.63) is 0 Å². The zero-order valence-corrected chi connectivity index (χ0v) is 15.2. The van der Waals surface area contributed by atoms with Gasteiger partial charge in [-0.2, -0.15) is 0 Å². The molecule has 0 aliphatic heterocycles. The Kier molecular flexibility index (Phi) is 3.55. The first-order chi connectivity index (χ1) is 10.8. The van der Waals surface area contributed by atoms with Gasteiger partial charge in [0.2, 0.25) is 0 Å². The van der Waals surface area contributed by atoms with Crippen LogP contribution in [0.25, 0.3) is 0 Å². The molecule has 0 heterocycles. The van der Waals surface area contributed by atoms with Crippen LogP contribution in [0.4, 0.5) is 0 Å². The molecule has 4 rings (SSSR count). The topological polar surface area (TPSA) is 37.3 Å². The van der Waals surface area contributed by atoms with Gasteiger partial charge in [0.25, 0.3) is 0 Å². The van der Waals surface area contributed by atoms with Crippen molar-refractivity contribution in [1.82, 2.24) is 0 Å². The van der Waals surface area contributed by atoms with E-state index in [0.717, 1.165) is 38.0 Å². The van der Waals surface area contributed by atoms with Crippen LogP contribution in [0.3, 0.4) is 0 Å². The Morgan fingerprint density at radius 3 is 2.35 bits per heavy atom. The number of hydrogen-bond donors (Lipinski definition) is 1. The Bertz CT molecular complexity index is 514. The standard InChI is InChI=1S/C21H34O2/c1-14(22)16-7-8-17-20(16,3)12-10-18-19(2)11-5-4-6-15(19)9-13-21(17,18)23/h15-18,23H,4-13H2,1-3H3/t15-,16-,17-,18-,19+,20-,21?/m1/s1. The molecule has 1 N–H and O–H groups in total. The number of aliphatic hydroxyl groups is 1. The third-order valence-corrected chi connectivity index (χ3v) is 9.15. The molecule has 0 spiro atoms. The van der Waals surface area contributed by atoms with Gasteiger partial charge >= 0.3 is 0 Å². The van der Waals surface area contributed by atoms with E-state index < -0.39 is 5.60 Å². The lowest BCUT2D eigenvalue weighted by molar-refractivity contribution is -0.220. The van der Waals surface area contributed by atoms with E-state index in [2.05, 4.69) is 13.8 Å². The molecule has 0 radical (unpaired) electrons. The van der Waals surface area contributed by atoms with Gasteiger partial charge in [0, 0.05) is 5.92 Å². The molecule has 2 heteroatoms. The van der Waals surface area contributed by atoms with Crippen LogP contribution in [0, 0.1) is 34.5 Å². The van der Waals surface area contributed by atoms with Crippen molar-refractivity contribution >= 4 is 5.78 Å². The van der Waals surface area contributed by atoms with Gasteiger partial charge in [0.15, 0.2) is 0 Å². The summed E-state index contributed by atoms with van der Waals surface area (Å²) in [6, 6.07) is 0. The predicted molar refractivity (Wildman–Crippen MR) is 92.0 cm³/mol. The summed E-state index contributed by atoms with van der Waals surface area (Å²) in [5.41, 5.74) is -0.102. The zero-order valence-electron chi connectivity index (χ0n) is 15.2. The highest BCUT2D eigenvalue weighted by Crippen LogP contribution is 2.68. The molecule has 0 aromatic heterocycles. The molecule has 1 unspecified atom stereocenters. The maximum Gasteiger partial charge on any atom is 0.133 e. The Labute approximate surface area is 141 Å². The second-order valence-electron chi connectivity index (χ2n) is 9.87. The third-order valence-electron chi connectivity index (χ3n) is 9.15. The molecule has 7 atom stereocenters. The summed E-state index contributed by atoms with van der Waals surface area (Å²) in [6.45, 7) is 6.58. The predicted octanol–water partition coefficient (Wildman–Crippen LogP) is 4.74. The molecule has 4 aliphatic rings. The lowest BCUT2D eigenvalue weighted by Crippen LogP contribution is -2.63. The number of hydrogen-bond acceptors (Lipinski definition) is 2. The normalized spacial score (nSPS) is 55.7. The van der Waals surface area contributed by atoms with Gasteiger partial charge in [-0.25, -0.2) is 0 Å². The summed E-state index contributed by atoms with van der Waals surface area (Å²) < 4.78 is 0. The summed E-state index contributed by atoms with van der Waals surface area (Å²) >= 11 is 0. The fourth-order valence-electron chi connectivity index (χ4n) is 8.04. The molecule has 130 valence electrons. The second-order valence-corrected chi connectivity index (χ2v) is 9.87. The van der Waals surface area contributed by atoms with Crippen molar-refractivity contribution in [1.29, 1.82) is 0 Å². The van der Waals surface area contributed by atoms with Crippen LogP contribution >= 0.6 is 0 Å². The molecular weight excluding hydrogens is 284 g/mol. The molecule has 23 heavy (non-hydrogen) atoms. The fourth-order valence-corrected chi connectivity index (χ4v) is 8.04. The van der Waals surface area contributed by atoms with Crippen molar-refractivity contribution in [3.8, 4) is 0 Å². The van der Waals surface area contributed by atoms with Crippen LogP contribution in [0.1, 0.15) is 85.0 Å². The molecule has 0 bridgehead atoms. The van der Waals surface area contributed by atoms with E-state index in [9.17, 15) is 9.90 Å². The lowest BCUT2D eigenvalue weighted by Gasteiger charge is -2.64. The van der Waals surface area contributed by atoms with Gasteiger partial charge in [-0.05, 0) is 86.9 Å². The Morgan fingerprint density at radius 1 is 0.870 bits per heavy atom. The molecule has 0 aromatic rings. The zero-order chi connectivity index (χ0) is 16.5. The molecule has 4 saturated carbocycles. The fraction of sp³-hybridized carbons (Fsp3) is 0.952. The minimum Gasteiger partial charge on any atom is -0.389 e. The third kappa shape index (κ3) is 2.00. The highest BCUT2D eigenvalue weighted by molar-refractivity contribution is 5.79. The molecule has 4 aliphatic carbocycles. The second kappa shape index (κ2) is 5.07. The average molecular weight is 319 g/mol. The molecule has 4 fully saturated rings. The number of rotatable bonds is 1. The van der Waals surface area contributed by atoms with Gasteiger partial charge in [-0.15, -0.1) is 0 Å². The summed E-state index contributed by atoms with van der Waals surface area (Å²) in [7, 11) is 0. The largest absolute Gasteiger partial charge is 0.389 e. The minimum atomic E-state index is -0.500. The van der Waals surface area contributed by atoms with Crippen molar-refractivity contribution in [2.75, 3.05) is 0 Å². The maximum atomic E-state index is 12.2. The Morgan fingerprint density at radius 2 is 1.61 bits per heavy atom. The quantitative estimate of drug-likeness (QED) is 0.758. The summed E-state index contributed by atoms with van der Waals surface area (Å²) in [5, 5.41) is 11.9. The van der Waals surface area contributed by atoms with E-state index in [1.54, 1.807) is 6.92 Å². The van der Waals surface area contributed by atoms with Gasteiger partial charge in [-0.1, -0.05) is 26.7 Å². The van der Waals surface area contributed by atoms with Crippen molar-refractivity contribution in [2.24, 2.45) is 34.5 Å². The number of fused-ring (bicyclic) bond motifs is 5. The van der Waals surface area contributed by atoms with Gasteiger partial charge in [-0.3, -0.25) is 4.79 Å². The van der Waals surface area contributed by atoms with Gasteiger partial charge in [0.05, 0.1) is 5.60 Å². The summed E-state index contributed by atoms with van der Waals surface area (Å²) in [4.78, 5) is 12.2. The van der Waals surface area contributed by atoms with Crippen LogP contribution in [0.5, 0.6) is 0 Å². The first-order valence-electron chi connectivity index (χ1n) is 10.1. The van der Waals surface area contributed by atoms with Gasteiger partial charge < -0.3 is 5.11 Å². The maximum absolute atomic E-state index is 12.2. The lowest BCUT2D eigenvalue weighted by atomic mass is 9.43. The average Bonchev–Trinajstić information content (AvgIpc) is 2.85. The SMILES string of the molecule is CC(=O)[C@H]1CC[C@H]2C3(O)CC[C@H]4CCCC[C@]4(C)[C@H]3CC[C@]12C. The smallest absolute Gasteiger partial charge is 0.133 e. The van der Waals surface area contributed by atoms with E-state index >= 15 is 0 Å². The summed E-state index contributed by atoms with van der Waals surface area (Å²) in [6.07, 6.45) is 12.0. The number of Topliss-reactive ketones (excluding diaryl/α,β-unsaturated/α-hetero) is 1. The van der Waals surface area contributed by atoms with Crippen molar-refractivity contribution in [2.45, 2.75) is 90.6 Å². The molecule has 0 amide bonds. The molecule has 0 aromatic carbocycles. The number of carbonyl (C=O) groups excluding carboxylic acids is 1. The van der Waals surface area contributed by atoms with E-state index in [0.29, 0.717) is 23.0 Å². The first kappa shape index (κ1) is 16.1. The van der Waals surface area contributed by atoms with Gasteiger partial charge in [0.1, 0.15) is 5.78 Å². The van der Waals surface area contributed by atoms with Crippen molar-refractivity contribution in [3.63, 3.8) is 0 Å². The minimum absolute atomic E-state index is 0.0505. The van der Waals surface area contributed by atoms with E-state index in [-0.39, 0.29) is 11.3 Å². The first-order valence-corrected chi connectivity index (χ1v) is 10.1. The van der Waals surface area contributed by atoms with Crippen LogP contribution in [0.2, 0.25) is 0 Å². The van der Waals surface area contributed by atoms with E-state index in [1.165, 1.54) is 32.1 Å². The van der Waals surface area contributed by atoms with E-state index in [1.807, 2.05) is 0 Å². The van der Waals surface area contributed by atoms with Crippen LogP contribution in [0.15, 0.2) is 0 Å². The molecular formula is C21H34O2. The monoisotopic (exact) mass is 318 g/mol. The highest BCUT2D eigenvalue weighted by Gasteiger charge is 2.66. The van der Waals surface area contributed by atoms with Crippen LogP contribution in [-0.2, 0) is 4.79 Å². The number of carbonyl (C=O) groups is 1. The highest BCUT2D eigenvalue weighted by atomic mass is 16.3. The summed E-state index contributed by atoms with van der Waals surface area (Å²) in [5.74, 6) is 2.19. The van der Waals surface area contributed by atoms with Crippen LogP contribution < -0.4 is 0 Å². The van der Waals surface area contributed by atoms with Crippen LogP contribution in [-0.4, -0.2) is 16.5 Å². The molecule has 2 nitrogen and oxygen atoms in total. The van der Waals surface area contributed by atoms with E-state index in [4.69, 9.17) is 0 Å². The molecule has 0 saturated heterocycles.